The molecule has 8 heteroatoms. The molecule has 0 saturated carbocycles. The van der Waals surface area contributed by atoms with E-state index in [9.17, 15) is 19.7 Å². The molecule has 1 aliphatic rings. The number of benzene rings is 2. The van der Waals surface area contributed by atoms with Gasteiger partial charge in [0.25, 0.3) is 5.91 Å². The zero-order valence-electron chi connectivity index (χ0n) is 15.3. The zero-order valence-corrected chi connectivity index (χ0v) is 15.3. The Morgan fingerprint density at radius 1 is 1.14 bits per heavy atom. The molecule has 1 aliphatic heterocycles. The molecule has 0 spiro atoms. The van der Waals surface area contributed by atoms with E-state index in [-0.39, 0.29) is 23.6 Å². The minimum atomic E-state index is -0.653. The molecule has 1 amide bonds. The fraction of sp³-hybridized carbons (Fsp3) is 0.300. The van der Waals surface area contributed by atoms with Gasteiger partial charge < -0.3 is 15.0 Å². The molecule has 1 heterocycles. The summed E-state index contributed by atoms with van der Waals surface area (Å²) in [5.74, 6) is -0.495. The van der Waals surface area contributed by atoms with Crippen LogP contribution in [0.1, 0.15) is 29.6 Å². The summed E-state index contributed by atoms with van der Waals surface area (Å²) >= 11 is 0. The van der Waals surface area contributed by atoms with Crippen LogP contribution in [0.4, 0.5) is 17.1 Å². The fourth-order valence-corrected chi connectivity index (χ4v) is 3.12. The molecule has 0 aliphatic carbocycles. The van der Waals surface area contributed by atoms with Crippen molar-refractivity contribution in [2.45, 2.75) is 19.3 Å². The summed E-state index contributed by atoms with van der Waals surface area (Å²) in [5.41, 5.74) is 1.56. The second kappa shape index (κ2) is 8.98. The molecule has 1 fully saturated rings. The Hall–Kier alpha value is -3.42. The Morgan fingerprint density at radius 2 is 1.86 bits per heavy atom. The van der Waals surface area contributed by atoms with Gasteiger partial charge in [-0.25, -0.2) is 0 Å². The highest BCUT2D eigenvalue weighted by Crippen LogP contribution is 2.27. The van der Waals surface area contributed by atoms with Crippen LogP contribution in [0, 0.1) is 10.1 Å². The number of hydrogen-bond donors (Lipinski definition) is 1. The van der Waals surface area contributed by atoms with Crippen molar-refractivity contribution in [3.8, 4) is 5.75 Å². The number of rotatable bonds is 7. The standard InChI is InChI=1S/C20H21N3O5/c24-13-15-4-9-19(18(12-15)23(26)27)28-14-20(25)21-16-5-7-17(8-6-16)22-10-2-1-3-11-22/h4-9,12-13H,1-3,10-11,14H2,(H,21,25). The lowest BCUT2D eigenvalue weighted by Crippen LogP contribution is -2.29. The maximum Gasteiger partial charge on any atom is 0.311 e. The van der Waals surface area contributed by atoms with Gasteiger partial charge in [-0.3, -0.25) is 19.7 Å². The number of amides is 1. The smallest absolute Gasteiger partial charge is 0.311 e. The first-order valence-electron chi connectivity index (χ1n) is 9.08. The average Bonchev–Trinajstić information content (AvgIpc) is 2.73. The molecule has 0 unspecified atom stereocenters. The van der Waals surface area contributed by atoms with Crippen LogP contribution < -0.4 is 15.0 Å². The van der Waals surface area contributed by atoms with E-state index < -0.39 is 10.8 Å². The largest absolute Gasteiger partial charge is 0.477 e. The third kappa shape index (κ3) is 4.85. The minimum absolute atomic E-state index is 0.0637. The van der Waals surface area contributed by atoms with E-state index in [1.165, 1.54) is 31.4 Å². The Kier molecular flexibility index (Phi) is 6.21. The lowest BCUT2D eigenvalue weighted by Gasteiger charge is -2.28. The molecule has 0 aromatic heterocycles. The van der Waals surface area contributed by atoms with Gasteiger partial charge in [0.2, 0.25) is 0 Å². The van der Waals surface area contributed by atoms with E-state index in [0.717, 1.165) is 24.8 Å². The van der Waals surface area contributed by atoms with Crippen LogP contribution in [-0.4, -0.2) is 36.8 Å². The average molecular weight is 383 g/mol. The highest BCUT2D eigenvalue weighted by molar-refractivity contribution is 5.92. The van der Waals surface area contributed by atoms with Gasteiger partial charge in [0.05, 0.1) is 4.92 Å². The van der Waals surface area contributed by atoms with Crippen molar-refractivity contribution in [3.05, 3.63) is 58.1 Å². The van der Waals surface area contributed by atoms with Crippen LogP contribution in [0.25, 0.3) is 0 Å². The lowest BCUT2D eigenvalue weighted by molar-refractivity contribution is -0.385. The number of carbonyl (C=O) groups excluding carboxylic acids is 2. The zero-order chi connectivity index (χ0) is 19.9. The van der Waals surface area contributed by atoms with Crippen molar-refractivity contribution in [2.24, 2.45) is 0 Å². The van der Waals surface area contributed by atoms with Crippen LogP contribution in [0.2, 0.25) is 0 Å². The molecule has 1 saturated heterocycles. The Labute approximate surface area is 162 Å². The van der Waals surface area contributed by atoms with Crippen LogP contribution in [0.15, 0.2) is 42.5 Å². The summed E-state index contributed by atoms with van der Waals surface area (Å²) < 4.78 is 5.27. The number of carbonyl (C=O) groups is 2. The molecule has 8 nitrogen and oxygen atoms in total. The minimum Gasteiger partial charge on any atom is -0.477 e. The molecular weight excluding hydrogens is 362 g/mol. The van der Waals surface area contributed by atoms with E-state index in [1.807, 2.05) is 24.3 Å². The summed E-state index contributed by atoms with van der Waals surface area (Å²) in [6.45, 7) is 1.71. The van der Waals surface area contributed by atoms with Gasteiger partial charge in [-0.2, -0.15) is 0 Å². The third-order valence-corrected chi connectivity index (χ3v) is 4.55. The van der Waals surface area contributed by atoms with Crippen molar-refractivity contribution >= 4 is 29.3 Å². The highest BCUT2D eigenvalue weighted by Gasteiger charge is 2.17. The van der Waals surface area contributed by atoms with Crippen molar-refractivity contribution in [1.29, 1.82) is 0 Å². The molecular formula is C20H21N3O5. The monoisotopic (exact) mass is 383 g/mol. The van der Waals surface area contributed by atoms with Gasteiger partial charge in [-0.15, -0.1) is 0 Å². The van der Waals surface area contributed by atoms with Crippen molar-refractivity contribution < 1.29 is 19.2 Å². The van der Waals surface area contributed by atoms with E-state index in [0.29, 0.717) is 12.0 Å². The van der Waals surface area contributed by atoms with E-state index in [2.05, 4.69) is 10.2 Å². The molecule has 0 radical (unpaired) electrons. The van der Waals surface area contributed by atoms with Gasteiger partial charge in [-0.1, -0.05) is 0 Å². The summed E-state index contributed by atoms with van der Waals surface area (Å²) in [7, 11) is 0. The topological polar surface area (TPSA) is 102 Å². The summed E-state index contributed by atoms with van der Waals surface area (Å²) in [5, 5.41) is 13.8. The Bertz CT molecular complexity index is 861. The predicted molar refractivity (Wildman–Crippen MR) is 105 cm³/mol. The molecule has 2 aromatic rings. The summed E-state index contributed by atoms with van der Waals surface area (Å²) in [6.07, 6.45) is 4.16. The Balaban J connectivity index is 1.57. The first-order valence-corrected chi connectivity index (χ1v) is 9.08. The molecule has 3 rings (SSSR count). The number of nitrogens with zero attached hydrogens (tertiary/aromatic N) is 2. The van der Waals surface area contributed by atoms with E-state index in [4.69, 9.17) is 4.74 Å². The van der Waals surface area contributed by atoms with E-state index in [1.54, 1.807) is 0 Å². The summed E-state index contributed by atoms with van der Waals surface area (Å²) in [4.78, 5) is 35.6. The van der Waals surface area contributed by atoms with Gasteiger partial charge >= 0.3 is 5.69 Å². The van der Waals surface area contributed by atoms with Crippen molar-refractivity contribution in [1.82, 2.24) is 0 Å². The number of anilines is 2. The molecule has 146 valence electrons. The van der Waals surface area contributed by atoms with Crippen molar-refractivity contribution in [3.63, 3.8) is 0 Å². The number of ether oxygens (including phenoxy) is 1. The quantitative estimate of drug-likeness (QED) is 0.447. The number of nitro benzene ring substituents is 1. The normalized spacial score (nSPS) is 13.6. The predicted octanol–water partition coefficient (Wildman–Crippen LogP) is 3.42. The number of aldehydes is 1. The van der Waals surface area contributed by atoms with Crippen LogP contribution in [0.5, 0.6) is 5.75 Å². The van der Waals surface area contributed by atoms with Gasteiger partial charge in [0, 0.05) is 36.1 Å². The number of piperidine rings is 1. The van der Waals surface area contributed by atoms with Crippen molar-refractivity contribution in [2.75, 3.05) is 29.9 Å². The van der Waals surface area contributed by atoms with Crippen LogP contribution >= 0.6 is 0 Å². The molecule has 1 N–H and O–H groups in total. The highest BCUT2D eigenvalue weighted by atomic mass is 16.6. The lowest BCUT2D eigenvalue weighted by atomic mass is 10.1. The first-order chi connectivity index (χ1) is 13.6. The maximum atomic E-state index is 12.1. The van der Waals surface area contributed by atoms with Gasteiger partial charge in [0.1, 0.15) is 6.29 Å². The van der Waals surface area contributed by atoms with Crippen LogP contribution in [-0.2, 0) is 4.79 Å². The van der Waals surface area contributed by atoms with Gasteiger partial charge in [0.15, 0.2) is 12.4 Å². The fourth-order valence-electron chi connectivity index (χ4n) is 3.12. The number of nitrogens with one attached hydrogen (secondary N) is 1. The number of hydrogen-bond acceptors (Lipinski definition) is 6. The van der Waals surface area contributed by atoms with Crippen LogP contribution in [0.3, 0.4) is 0 Å². The first kappa shape index (κ1) is 19.3. The third-order valence-electron chi connectivity index (χ3n) is 4.55. The van der Waals surface area contributed by atoms with E-state index >= 15 is 0 Å². The Morgan fingerprint density at radius 3 is 2.50 bits per heavy atom. The second-order valence-corrected chi connectivity index (χ2v) is 6.53. The SMILES string of the molecule is O=Cc1ccc(OCC(=O)Nc2ccc(N3CCCCC3)cc2)c([N+](=O)[O-])c1. The van der Waals surface area contributed by atoms with Gasteiger partial charge in [-0.05, 0) is 55.7 Å². The number of nitro groups is 1. The maximum absolute atomic E-state index is 12.1. The molecule has 0 atom stereocenters. The summed E-state index contributed by atoms with van der Waals surface area (Å²) in [6, 6.07) is 11.4. The molecule has 2 aromatic carbocycles. The molecule has 28 heavy (non-hydrogen) atoms. The molecule has 0 bridgehead atoms. The second-order valence-electron chi connectivity index (χ2n) is 6.53.